The molecule has 0 atom stereocenters. The molecule has 152 valence electrons. The number of carbonyl (C=O) groups is 1. The van der Waals surface area contributed by atoms with E-state index in [2.05, 4.69) is 48.1 Å². The molecule has 0 fully saturated rings. The van der Waals surface area contributed by atoms with E-state index in [0.29, 0.717) is 6.54 Å². The molecular weight excluding hydrogens is 360 g/mol. The van der Waals surface area contributed by atoms with Gasteiger partial charge < -0.3 is 9.47 Å². The highest BCUT2D eigenvalue weighted by atomic mass is 16.2. The van der Waals surface area contributed by atoms with Crippen molar-refractivity contribution in [3.63, 3.8) is 0 Å². The standard InChI is InChI=1S/C24H30N4O/c1-19-8-7-9-20(2)24(19)28(23(29)18-27-17-15-26-21(27)3)16-6-4-5-10-22-11-13-25-14-12-22/h7-9,11-15,17H,4-6,10,16,18H2,1-3H3. The van der Waals surface area contributed by atoms with Crippen molar-refractivity contribution in [2.24, 2.45) is 0 Å². The molecule has 1 amide bonds. The van der Waals surface area contributed by atoms with E-state index in [4.69, 9.17) is 0 Å². The number of benzene rings is 1. The number of pyridine rings is 1. The van der Waals surface area contributed by atoms with Crippen LogP contribution in [0.25, 0.3) is 0 Å². The van der Waals surface area contributed by atoms with E-state index in [1.54, 1.807) is 6.20 Å². The zero-order valence-corrected chi connectivity index (χ0v) is 17.6. The number of carbonyl (C=O) groups excluding carboxylic acids is 1. The summed E-state index contributed by atoms with van der Waals surface area (Å²) in [5.74, 6) is 0.967. The van der Waals surface area contributed by atoms with Gasteiger partial charge in [-0.2, -0.15) is 0 Å². The fourth-order valence-electron chi connectivity index (χ4n) is 3.72. The quantitative estimate of drug-likeness (QED) is 0.500. The first-order valence-electron chi connectivity index (χ1n) is 10.3. The summed E-state index contributed by atoms with van der Waals surface area (Å²) < 4.78 is 1.91. The minimum absolute atomic E-state index is 0.109. The van der Waals surface area contributed by atoms with E-state index in [1.807, 2.05) is 41.0 Å². The first-order chi connectivity index (χ1) is 14.1. The topological polar surface area (TPSA) is 51.0 Å². The molecule has 5 heteroatoms. The molecule has 0 spiro atoms. The van der Waals surface area contributed by atoms with Crippen LogP contribution in [-0.4, -0.2) is 27.0 Å². The van der Waals surface area contributed by atoms with Crippen molar-refractivity contribution in [1.29, 1.82) is 0 Å². The Hall–Kier alpha value is -2.95. The zero-order chi connectivity index (χ0) is 20.6. The van der Waals surface area contributed by atoms with Gasteiger partial charge in [0.15, 0.2) is 0 Å². The van der Waals surface area contributed by atoms with Gasteiger partial charge in [-0.3, -0.25) is 9.78 Å². The number of aromatic nitrogens is 3. The maximum Gasteiger partial charge on any atom is 0.246 e. The van der Waals surface area contributed by atoms with Crippen LogP contribution in [0.1, 0.15) is 41.8 Å². The molecule has 3 aromatic rings. The van der Waals surface area contributed by atoms with Gasteiger partial charge in [-0.25, -0.2) is 4.98 Å². The third-order valence-corrected chi connectivity index (χ3v) is 5.34. The molecule has 2 aromatic heterocycles. The molecule has 0 bridgehead atoms. The SMILES string of the molecule is Cc1cccc(C)c1N(CCCCCc1ccncc1)C(=O)Cn1ccnc1C. The number of unbranched alkanes of at least 4 members (excludes halogenated alkanes) is 2. The Kier molecular flexibility index (Phi) is 7.17. The number of rotatable bonds is 9. The summed E-state index contributed by atoms with van der Waals surface area (Å²) in [4.78, 5) is 23.5. The Balaban J connectivity index is 1.66. The minimum Gasteiger partial charge on any atom is -0.326 e. The van der Waals surface area contributed by atoms with E-state index in [0.717, 1.165) is 54.9 Å². The Bertz CT molecular complexity index is 913. The van der Waals surface area contributed by atoms with E-state index >= 15 is 0 Å². The number of aryl methyl sites for hydroxylation is 4. The lowest BCUT2D eigenvalue weighted by Crippen LogP contribution is -2.36. The number of hydrogen-bond donors (Lipinski definition) is 0. The molecule has 3 rings (SSSR count). The van der Waals surface area contributed by atoms with Gasteiger partial charge in [0.2, 0.25) is 5.91 Å². The fraction of sp³-hybridized carbons (Fsp3) is 0.375. The van der Waals surface area contributed by atoms with Crippen molar-refractivity contribution < 1.29 is 4.79 Å². The Morgan fingerprint density at radius 3 is 2.34 bits per heavy atom. The van der Waals surface area contributed by atoms with Crippen LogP contribution in [-0.2, 0) is 17.8 Å². The van der Waals surface area contributed by atoms with Gasteiger partial charge in [-0.15, -0.1) is 0 Å². The highest BCUT2D eigenvalue weighted by Crippen LogP contribution is 2.26. The molecule has 0 aliphatic rings. The number of nitrogens with zero attached hydrogens (tertiary/aromatic N) is 4. The van der Waals surface area contributed by atoms with Crippen LogP contribution in [0.15, 0.2) is 55.1 Å². The monoisotopic (exact) mass is 390 g/mol. The van der Waals surface area contributed by atoms with Crippen LogP contribution in [0.4, 0.5) is 5.69 Å². The van der Waals surface area contributed by atoms with E-state index in [1.165, 1.54) is 5.56 Å². The molecule has 0 aliphatic carbocycles. The summed E-state index contributed by atoms with van der Waals surface area (Å²) in [6, 6.07) is 10.3. The second-order valence-electron chi connectivity index (χ2n) is 7.55. The predicted molar refractivity (Wildman–Crippen MR) is 117 cm³/mol. The van der Waals surface area contributed by atoms with Crippen LogP contribution in [0.3, 0.4) is 0 Å². The first-order valence-corrected chi connectivity index (χ1v) is 10.3. The molecular formula is C24H30N4O. The van der Waals surface area contributed by atoms with Gasteiger partial charge in [0.05, 0.1) is 0 Å². The normalized spacial score (nSPS) is 10.9. The van der Waals surface area contributed by atoms with E-state index in [9.17, 15) is 4.79 Å². The summed E-state index contributed by atoms with van der Waals surface area (Å²) in [6.45, 7) is 7.13. The number of hydrogen-bond acceptors (Lipinski definition) is 3. The molecule has 0 N–H and O–H groups in total. The van der Waals surface area contributed by atoms with Crippen molar-refractivity contribution in [2.45, 2.75) is 53.0 Å². The summed E-state index contributed by atoms with van der Waals surface area (Å²) in [7, 11) is 0. The van der Waals surface area contributed by atoms with E-state index in [-0.39, 0.29) is 5.91 Å². The lowest BCUT2D eigenvalue weighted by atomic mass is 10.1. The minimum atomic E-state index is 0.109. The van der Waals surface area contributed by atoms with Crippen molar-refractivity contribution in [3.05, 3.63) is 77.6 Å². The summed E-state index contributed by atoms with van der Waals surface area (Å²) in [6.07, 6.45) is 11.5. The fourth-order valence-corrected chi connectivity index (χ4v) is 3.72. The van der Waals surface area contributed by atoms with Crippen LogP contribution >= 0.6 is 0 Å². The molecule has 5 nitrogen and oxygen atoms in total. The van der Waals surface area contributed by atoms with Crippen LogP contribution < -0.4 is 4.90 Å². The molecule has 2 heterocycles. The number of anilines is 1. The average Bonchev–Trinajstić information content (AvgIpc) is 3.11. The van der Waals surface area contributed by atoms with Gasteiger partial charge in [-0.1, -0.05) is 24.6 Å². The molecule has 0 saturated heterocycles. The maximum absolute atomic E-state index is 13.2. The lowest BCUT2D eigenvalue weighted by Gasteiger charge is -2.27. The second kappa shape index (κ2) is 10.0. The maximum atomic E-state index is 13.2. The molecule has 0 unspecified atom stereocenters. The molecule has 0 saturated carbocycles. The predicted octanol–water partition coefficient (Wildman–Crippen LogP) is 4.65. The van der Waals surface area contributed by atoms with E-state index < -0.39 is 0 Å². The second-order valence-corrected chi connectivity index (χ2v) is 7.55. The Morgan fingerprint density at radius 1 is 0.966 bits per heavy atom. The van der Waals surface area contributed by atoms with Crippen LogP contribution in [0, 0.1) is 20.8 Å². The molecule has 29 heavy (non-hydrogen) atoms. The van der Waals surface area contributed by atoms with Crippen molar-refractivity contribution in [2.75, 3.05) is 11.4 Å². The summed E-state index contributed by atoms with van der Waals surface area (Å²) in [5, 5.41) is 0. The van der Waals surface area contributed by atoms with Crippen LogP contribution in [0.5, 0.6) is 0 Å². The third-order valence-electron chi connectivity index (χ3n) is 5.34. The van der Waals surface area contributed by atoms with Crippen molar-refractivity contribution in [3.8, 4) is 0 Å². The molecule has 0 radical (unpaired) electrons. The van der Waals surface area contributed by atoms with Crippen molar-refractivity contribution >= 4 is 11.6 Å². The van der Waals surface area contributed by atoms with Gasteiger partial charge in [0.1, 0.15) is 12.4 Å². The zero-order valence-electron chi connectivity index (χ0n) is 17.6. The van der Waals surface area contributed by atoms with Crippen LogP contribution in [0.2, 0.25) is 0 Å². The van der Waals surface area contributed by atoms with Gasteiger partial charge in [0, 0.05) is 37.0 Å². The number of para-hydroxylation sites is 1. The summed E-state index contributed by atoms with van der Waals surface area (Å²) in [5.41, 5.74) is 4.64. The largest absolute Gasteiger partial charge is 0.326 e. The molecule has 1 aromatic carbocycles. The molecule has 0 aliphatic heterocycles. The summed E-state index contributed by atoms with van der Waals surface area (Å²) >= 11 is 0. The highest BCUT2D eigenvalue weighted by molar-refractivity contribution is 5.94. The first kappa shape index (κ1) is 20.8. The Labute approximate surface area is 173 Å². The van der Waals surface area contributed by atoms with Gasteiger partial charge in [-0.05, 0) is 68.9 Å². The number of amides is 1. The lowest BCUT2D eigenvalue weighted by molar-refractivity contribution is -0.119. The third kappa shape index (κ3) is 5.53. The van der Waals surface area contributed by atoms with Gasteiger partial charge in [0.25, 0.3) is 0 Å². The number of imidazole rings is 1. The average molecular weight is 391 g/mol. The Morgan fingerprint density at radius 2 is 1.69 bits per heavy atom. The smallest absolute Gasteiger partial charge is 0.246 e. The van der Waals surface area contributed by atoms with Crippen molar-refractivity contribution in [1.82, 2.24) is 14.5 Å². The highest BCUT2D eigenvalue weighted by Gasteiger charge is 2.20. The van der Waals surface area contributed by atoms with Gasteiger partial charge >= 0.3 is 0 Å².